The number of rotatable bonds is 1. The maximum absolute atomic E-state index is 12.4. The largest absolute Gasteiger partial charge is 0.424 e. The van der Waals surface area contributed by atoms with E-state index in [-0.39, 0.29) is 17.2 Å². The lowest BCUT2D eigenvalue weighted by Gasteiger charge is -2.29. The van der Waals surface area contributed by atoms with E-state index in [4.69, 9.17) is 4.74 Å². The van der Waals surface area contributed by atoms with Gasteiger partial charge in [-0.05, 0) is 24.7 Å². The lowest BCUT2D eigenvalue weighted by atomic mass is 9.76. The minimum absolute atomic E-state index is 0.00467. The molecule has 1 aromatic heterocycles. The molecule has 0 radical (unpaired) electrons. The van der Waals surface area contributed by atoms with E-state index in [2.05, 4.69) is 18.4 Å². The van der Waals surface area contributed by atoms with Gasteiger partial charge in [-0.25, -0.2) is 0 Å². The van der Waals surface area contributed by atoms with E-state index < -0.39 is 0 Å². The van der Waals surface area contributed by atoms with E-state index in [0.29, 0.717) is 17.7 Å². The number of nitrogens with zero attached hydrogens (tertiary/aromatic N) is 1. The molecule has 102 valence electrons. The Hall–Kier alpha value is -1.58. The molecule has 2 heterocycles. The molecule has 0 spiro atoms. The monoisotopic (exact) mass is 261 g/mol. The number of hydrogen-bond donors (Lipinski definition) is 0. The van der Waals surface area contributed by atoms with Crippen molar-refractivity contribution in [2.24, 2.45) is 5.41 Å². The Morgan fingerprint density at radius 3 is 2.68 bits per heavy atom. The lowest BCUT2D eigenvalue weighted by molar-refractivity contribution is -0.131. The van der Waals surface area contributed by atoms with Crippen LogP contribution in [-0.4, -0.2) is 16.3 Å². The van der Waals surface area contributed by atoms with Gasteiger partial charge in [0.15, 0.2) is 11.5 Å². The molecule has 0 amide bonds. The normalized spacial score (nSPS) is 20.1. The van der Waals surface area contributed by atoms with Crippen molar-refractivity contribution in [1.82, 2.24) is 4.57 Å². The molecule has 2 aliphatic rings. The number of carbonyl (C=O) groups is 2. The summed E-state index contributed by atoms with van der Waals surface area (Å²) in [5, 5.41) is 0. The first-order valence-electron chi connectivity index (χ1n) is 6.85. The highest BCUT2D eigenvalue weighted by molar-refractivity contribution is 6.02. The second-order valence-corrected chi connectivity index (χ2v) is 6.39. The summed E-state index contributed by atoms with van der Waals surface area (Å²) >= 11 is 0. The van der Waals surface area contributed by atoms with Crippen molar-refractivity contribution in [2.45, 2.75) is 53.0 Å². The van der Waals surface area contributed by atoms with Gasteiger partial charge in [-0.15, -0.1) is 0 Å². The predicted molar refractivity (Wildman–Crippen MR) is 70.5 cm³/mol. The number of fused-ring (bicyclic) bond motifs is 3. The third-order valence-electron chi connectivity index (χ3n) is 4.03. The molecule has 4 nitrogen and oxygen atoms in total. The number of carbonyl (C=O) groups excluding carboxylic acids is 2. The summed E-state index contributed by atoms with van der Waals surface area (Å²) in [4.78, 5) is 23.7. The summed E-state index contributed by atoms with van der Waals surface area (Å²) in [5.41, 5.74) is 2.77. The zero-order valence-electron chi connectivity index (χ0n) is 11.7. The van der Waals surface area contributed by atoms with Crippen LogP contribution in [0.15, 0.2) is 0 Å². The smallest absolute Gasteiger partial charge is 0.308 e. The van der Waals surface area contributed by atoms with E-state index in [1.165, 1.54) is 6.92 Å². The van der Waals surface area contributed by atoms with Gasteiger partial charge in [0.25, 0.3) is 0 Å². The van der Waals surface area contributed by atoms with Gasteiger partial charge in [-0.3, -0.25) is 9.59 Å². The molecule has 0 saturated carbocycles. The molecule has 0 N–H and O–H groups in total. The van der Waals surface area contributed by atoms with Gasteiger partial charge in [0, 0.05) is 25.6 Å². The Kier molecular flexibility index (Phi) is 2.59. The molecular weight excluding hydrogens is 242 g/mol. The van der Waals surface area contributed by atoms with E-state index in [0.717, 1.165) is 37.2 Å². The van der Waals surface area contributed by atoms with Crippen molar-refractivity contribution in [2.75, 3.05) is 0 Å². The van der Waals surface area contributed by atoms with Crippen molar-refractivity contribution >= 4 is 11.8 Å². The van der Waals surface area contributed by atoms with E-state index in [1.54, 1.807) is 0 Å². The number of esters is 1. The number of ether oxygens (including phenoxy) is 1. The van der Waals surface area contributed by atoms with Crippen LogP contribution in [0.1, 0.15) is 55.4 Å². The summed E-state index contributed by atoms with van der Waals surface area (Å²) in [5.74, 6) is 0.311. The number of Topliss-reactive ketones (excluding diaryl/α,β-unsaturated/α-hetero) is 1. The second kappa shape index (κ2) is 3.95. The first-order valence-corrected chi connectivity index (χ1v) is 6.85. The topological polar surface area (TPSA) is 48.3 Å². The van der Waals surface area contributed by atoms with Crippen LogP contribution in [0.4, 0.5) is 0 Å². The third kappa shape index (κ3) is 1.90. The fourth-order valence-corrected chi connectivity index (χ4v) is 3.38. The van der Waals surface area contributed by atoms with E-state index in [9.17, 15) is 9.59 Å². The van der Waals surface area contributed by atoms with Gasteiger partial charge in [-0.2, -0.15) is 0 Å². The first-order chi connectivity index (χ1) is 8.89. The fourth-order valence-electron chi connectivity index (χ4n) is 3.38. The summed E-state index contributed by atoms with van der Waals surface area (Å²) in [6.45, 7) is 6.56. The number of hydrogen-bond acceptors (Lipinski definition) is 3. The highest BCUT2D eigenvalue weighted by Crippen LogP contribution is 2.44. The van der Waals surface area contributed by atoms with Crippen molar-refractivity contribution in [3.05, 3.63) is 17.0 Å². The molecule has 0 aromatic carbocycles. The van der Waals surface area contributed by atoms with Crippen molar-refractivity contribution in [3.63, 3.8) is 0 Å². The zero-order chi connectivity index (χ0) is 13.8. The molecule has 1 aliphatic carbocycles. The summed E-state index contributed by atoms with van der Waals surface area (Å²) in [7, 11) is 0. The average Bonchev–Trinajstić information content (AvgIpc) is 2.80. The Bertz CT molecular complexity index is 581. The molecule has 1 aromatic rings. The minimum Gasteiger partial charge on any atom is -0.424 e. The highest BCUT2D eigenvalue weighted by Gasteiger charge is 2.39. The van der Waals surface area contributed by atoms with Gasteiger partial charge >= 0.3 is 5.97 Å². The van der Waals surface area contributed by atoms with Gasteiger partial charge in [-0.1, -0.05) is 13.8 Å². The van der Waals surface area contributed by atoms with E-state index in [1.807, 2.05) is 0 Å². The Balaban J connectivity index is 2.18. The standard InChI is InChI=1S/C15H19NO3/c1-9(17)19-14-10-5-4-6-16(10)11-7-15(2,3)8-12(18)13(11)14/h4-8H2,1-3H3. The van der Waals surface area contributed by atoms with Gasteiger partial charge < -0.3 is 9.30 Å². The van der Waals surface area contributed by atoms with Crippen LogP contribution in [0.2, 0.25) is 0 Å². The minimum atomic E-state index is -0.347. The van der Waals surface area contributed by atoms with Crippen LogP contribution in [0.3, 0.4) is 0 Å². The Morgan fingerprint density at radius 2 is 2.00 bits per heavy atom. The van der Waals surface area contributed by atoms with Crippen LogP contribution < -0.4 is 4.74 Å². The molecule has 4 heteroatoms. The maximum atomic E-state index is 12.4. The fraction of sp³-hybridized carbons (Fsp3) is 0.600. The van der Waals surface area contributed by atoms with Gasteiger partial charge in [0.1, 0.15) is 0 Å². The van der Waals surface area contributed by atoms with Gasteiger partial charge in [0.2, 0.25) is 0 Å². The van der Waals surface area contributed by atoms with Crippen LogP contribution in [0.5, 0.6) is 5.75 Å². The van der Waals surface area contributed by atoms with Crippen LogP contribution >= 0.6 is 0 Å². The SMILES string of the molecule is CC(=O)Oc1c2c(n3c1CCC3)CC(C)(C)CC2=O. The Morgan fingerprint density at radius 1 is 1.26 bits per heavy atom. The van der Waals surface area contributed by atoms with Crippen LogP contribution in [0.25, 0.3) is 0 Å². The second-order valence-electron chi connectivity index (χ2n) is 6.39. The quantitative estimate of drug-likeness (QED) is 0.730. The third-order valence-corrected chi connectivity index (χ3v) is 4.03. The molecular formula is C15H19NO3. The molecule has 19 heavy (non-hydrogen) atoms. The maximum Gasteiger partial charge on any atom is 0.308 e. The molecule has 0 bridgehead atoms. The molecule has 3 rings (SSSR count). The molecule has 0 saturated heterocycles. The van der Waals surface area contributed by atoms with Crippen molar-refractivity contribution < 1.29 is 14.3 Å². The molecule has 1 aliphatic heterocycles. The van der Waals surface area contributed by atoms with Crippen LogP contribution in [-0.2, 0) is 24.2 Å². The number of aromatic nitrogens is 1. The summed E-state index contributed by atoms with van der Waals surface area (Å²) in [6.07, 6.45) is 3.36. The lowest BCUT2D eigenvalue weighted by Crippen LogP contribution is -2.28. The number of ketones is 1. The molecule has 0 fully saturated rings. The molecule has 0 unspecified atom stereocenters. The predicted octanol–water partition coefficient (Wildman–Crippen LogP) is 2.51. The average molecular weight is 261 g/mol. The zero-order valence-corrected chi connectivity index (χ0v) is 11.7. The Labute approximate surface area is 112 Å². The molecule has 0 atom stereocenters. The summed E-state index contributed by atoms with van der Waals surface area (Å²) < 4.78 is 7.55. The van der Waals surface area contributed by atoms with E-state index >= 15 is 0 Å². The van der Waals surface area contributed by atoms with Crippen molar-refractivity contribution in [3.8, 4) is 5.75 Å². The summed E-state index contributed by atoms with van der Waals surface area (Å²) in [6, 6.07) is 0. The van der Waals surface area contributed by atoms with Crippen LogP contribution in [0, 0.1) is 5.41 Å². The van der Waals surface area contributed by atoms with Crippen molar-refractivity contribution in [1.29, 1.82) is 0 Å². The first kappa shape index (κ1) is 12.5. The van der Waals surface area contributed by atoms with Gasteiger partial charge in [0.05, 0.1) is 11.3 Å². The highest BCUT2D eigenvalue weighted by atomic mass is 16.5.